The maximum Gasteiger partial charge on any atom is 0.410 e. The smallest absolute Gasteiger partial charge is 0.410 e. The van der Waals surface area contributed by atoms with Gasteiger partial charge in [-0.1, -0.05) is 81.4 Å². The van der Waals surface area contributed by atoms with Crippen LogP contribution in [0.2, 0.25) is 0 Å². The fraction of sp³-hybridized carbons (Fsp3) is 0.595. The third-order valence-corrected chi connectivity index (χ3v) is 8.24. The van der Waals surface area contributed by atoms with Gasteiger partial charge in [0.05, 0.1) is 0 Å². The molecule has 0 spiro atoms. The Morgan fingerprint density at radius 1 is 0.704 bits per heavy atom. The third kappa shape index (κ3) is 18.9. The predicted octanol–water partition coefficient (Wildman–Crippen LogP) is 6.49. The Labute approximate surface area is 322 Å². The Kier molecular flexibility index (Phi) is 18.5. The maximum atomic E-state index is 14.0. The lowest BCUT2D eigenvalue weighted by Crippen LogP contribution is -2.56. The minimum absolute atomic E-state index is 0.0893. The standard InChI is InChI=1S/C42H65N5O7/c1-29(2)25-34(37(49)44-31(4)19-17-18-24-43-39(51)53-41(5,6)7)46-38(50)35(26-32-20-13-11-14-21-32)45-36(48)28-47(40(52)54-42(8,9)10)27-30(3)33-22-15-12-16-23-33/h11-16,20-23,29-31,34-35H,17-19,24-28H2,1-10H3,(H,43,51)(H,44,49)(H,45,48)(H,46,50)/t30-,31+,34+,35+/m0/s1. The van der Waals surface area contributed by atoms with Crippen molar-refractivity contribution in [1.29, 1.82) is 0 Å². The molecule has 0 aromatic heterocycles. The van der Waals surface area contributed by atoms with E-state index in [1.165, 1.54) is 4.90 Å². The first-order chi connectivity index (χ1) is 25.2. The SMILES string of the molecule is CC(C)C[C@@H](NC(=O)[C@@H](Cc1ccccc1)NC(=O)CN(C[C@H](C)c1ccccc1)C(=O)OC(C)(C)C)C(=O)N[C@H](C)CCCCNC(=O)OC(C)(C)C. The van der Waals surface area contributed by atoms with Crippen LogP contribution in [0.3, 0.4) is 0 Å². The Hall–Kier alpha value is -4.61. The monoisotopic (exact) mass is 751 g/mol. The molecular weight excluding hydrogens is 686 g/mol. The number of rotatable bonds is 19. The Morgan fingerprint density at radius 2 is 1.28 bits per heavy atom. The van der Waals surface area contributed by atoms with Crippen LogP contribution in [0.25, 0.3) is 0 Å². The average Bonchev–Trinajstić information content (AvgIpc) is 3.06. The predicted molar refractivity (Wildman–Crippen MR) is 212 cm³/mol. The highest BCUT2D eigenvalue weighted by atomic mass is 16.6. The van der Waals surface area contributed by atoms with Gasteiger partial charge in [-0.25, -0.2) is 9.59 Å². The van der Waals surface area contributed by atoms with E-state index in [1.54, 1.807) is 20.8 Å². The van der Waals surface area contributed by atoms with Crippen molar-refractivity contribution in [3.8, 4) is 0 Å². The number of unbranched alkanes of at least 4 members (excludes halogenated alkanes) is 1. The van der Waals surface area contributed by atoms with Gasteiger partial charge in [0.25, 0.3) is 0 Å². The van der Waals surface area contributed by atoms with Crippen LogP contribution in [0.4, 0.5) is 9.59 Å². The molecule has 0 saturated carbocycles. The quantitative estimate of drug-likeness (QED) is 0.120. The molecule has 0 aliphatic carbocycles. The number of alkyl carbamates (subject to hydrolysis) is 1. The molecular formula is C42H65N5O7. The van der Waals surface area contributed by atoms with E-state index in [1.807, 2.05) is 109 Å². The molecule has 4 N–H and O–H groups in total. The second-order valence-corrected chi connectivity index (χ2v) is 16.5. The molecule has 54 heavy (non-hydrogen) atoms. The number of amides is 5. The largest absolute Gasteiger partial charge is 0.444 e. The summed E-state index contributed by atoms with van der Waals surface area (Å²) in [6, 6.07) is 17.0. The zero-order chi connectivity index (χ0) is 40.5. The molecule has 2 rings (SSSR count). The molecule has 5 amide bonds. The summed E-state index contributed by atoms with van der Waals surface area (Å²) >= 11 is 0. The summed E-state index contributed by atoms with van der Waals surface area (Å²) in [7, 11) is 0. The molecule has 300 valence electrons. The van der Waals surface area contributed by atoms with Gasteiger partial charge in [-0.05, 0) is 97.1 Å². The fourth-order valence-electron chi connectivity index (χ4n) is 5.69. The zero-order valence-electron chi connectivity index (χ0n) is 34.1. The van der Waals surface area contributed by atoms with Crippen LogP contribution in [-0.4, -0.2) is 83.8 Å². The van der Waals surface area contributed by atoms with Crippen molar-refractivity contribution >= 4 is 29.9 Å². The van der Waals surface area contributed by atoms with E-state index in [0.717, 1.165) is 17.5 Å². The van der Waals surface area contributed by atoms with Crippen molar-refractivity contribution in [2.75, 3.05) is 19.6 Å². The Bertz CT molecular complexity index is 1470. The molecule has 2 aromatic carbocycles. The van der Waals surface area contributed by atoms with E-state index < -0.39 is 47.3 Å². The van der Waals surface area contributed by atoms with Gasteiger partial charge in [-0.15, -0.1) is 0 Å². The lowest BCUT2D eigenvalue weighted by Gasteiger charge is -2.30. The van der Waals surface area contributed by atoms with Crippen molar-refractivity contribution < 1.29 is 33.4 Å². The van der Waals surface area contributed by atoms with Crippen LogP contribution in [0.15, 0.2) is 60.7 Å². The van der Waals surface area contributed by atoms with E-state index in [2.05, 4.69) is 21.3 Å². The van der Waals surface area contributed by atoms with Crippen LogP contribution >= 0.6 is 0 Å². The summed E-state index contributed by atoms with van der Waals surface area (Å²) < 4.78 is 10.9. The summed E-state index contributed by atoms with van der Waals surface area (Å²) in [5, 5.41) is 11.5. The second-order valence-electron chi connectivity index (χ2n) is 16.5. The third-order valence-electron chi connectivity index (χ3n) is 8.24. The molecule has 0 saturated heterocycles. The number of carbonyl (C=O) groups excluding carboxylic acids is 5. The van der Waals surface area contributed by atoms with Gasteiger partial charge in [0.15, 0.2) is 0 Å². The number of carbonyl (C=O) groups is 5. The summed E-state index contributed by atoms with van der Waals surface area (Å²) in [5.74, 6) is -1.35. The maximum absolute atomic E-state index is 14.0. The topological polar surface area (TPSA) is 155 Å². The first kappa shape index (κ1) is 45.5. The molecule has 12 nitrogen and oxygen atoms in total. The molecule has 0 fully saturated rings. The van der Waals surface area contributed by atoms with Crippen LogP contribution in [0.1, 0.15) is 112 Å². The Balaban J connectivity index is 2.15. The highest BCUT2D eigenvalue weighted by Gasteiger charge is 2.31. The van der Waals surface area contributed by atoms with Crippen LogP contribution in [0, 0.1) is 5.92 Å². The summed E-state index contributed by atoms with van der Waals surface area (Å²) in [5.41, 5.74) is 0.480. The minimum Gasteiger partial charge on any atom is -0.444 e. The van der Waals surface area contributed by atoms with Crippen LogP contribution in [0.5, 0.6) is 0 Å². The summed E-state index contributed by atoms with van der Waals surface area (Å²) in [4.78, 5) is 67.8. The summed E-state index contributed by atoms with van der Waals surface area (Å²) in [6.07, 6.45) is 1.61. The number of benzene rings is 2. The van der Waals surface area contributed by atoms with Gasteiger partial charge in [-0.2, -0.15) is 0 Å². The van der Waals surface area contributed by atoms with Crippen LogP contribution < -0.4 is 21.3 Å². The van der Waals surface area contributed by atoms with Gasteiger partial charge in [0.2, 0.25) is 17.7 Å². The molecule has 0 unspecified atom stereocenters. The first-order valence-electron chi connectivity index (χ1n) is 19.2. The molecule has 12 heteroatoms. The normalized spacial score (nSPS) is 13.8. The molecule has 0 aliphatic rings. The van der Waals surface area contributed by atoms with Gasteiger partial charge in [-0.3, -0.25) is 19.3 Å². The lowest BCUT2D eigenvalue weighted by atomic mass is 10.00. The van der Waals surface area contributed by atoms with E-state index >= 15 is 0 Å². The van der Waals surface area contributed by atoms with E-state index in [9.17, 15) is 24.0 Å². The van der Waals surface area contributed by atoms with Crippen molar-refractivity contribution in [1.82, 2.24) is 26.2 Å². The molecule has 0 radical (unpaired) electrons. The van der Waals surface area contributed by atoms with Crippen molar-refractivity contribution in [3.05, 3.63) is 71.8 Å². The van der Waals surface area contributed by atoms with Crippen molar-refractivity contribution in [2.45, 2.75) is 137 Å². The number of nitrogens with zero attached hydrogens (tertiary/aromatic N) is 1. The average molecular weight is 752 g/mol. The summed E-state index contributed by atoms with van der Waals surface area (Å²) in [6.45, 7) is 18.9. The lowest BCUT2D eigenvalue weighted by molar-refractivity contribution is -0.132. The number of nitrogens with one attached hydrogen (secondary N) is 4. The number of ether oxygens (including phenoxy) is 2. The fourth-order valence-corrected chi connectivity index (χ4v) is 5.69. The zero-order valence-corrected chi connectivity index (χ0v) is 34.1. The number of hydrogen-bond acceptors (Lipinski definition) is 7. The highest BCUT2D eigenvalue weighted by molar-refractivity contribution is 5.93. The minimum atomic E-state index is -1.02. The first-order valence-corrected chi connectivity index (χ1v) is 19.2. The van der Waals surface area contributed by atoms with E-state index in [-0.39, 0.29) is 43.3 Å². The molecule has 0 aliphatic heterocycles. The van der Waals surface area contributed by atoms with E-state index in [0.29, 0.717) is 25.8 Å². The molecule has 4 atom stereocenters. The van der Waals surface area contributed by atoms with Gasteiger partial charge >= 0.3 is 12.2 Å². The molecule has 2 aromatic rings. The molecule has 0 bridgehead atoms. The number of hydrogen-bond donors (Lipinski definition) is 4. The Morgan fingerprint density at radius 3 is 1.85 bits per heavy atom. The van der Waals surface area contributed by atoms with Crippen LogP contribution in [-0.2, 0) is 30.3 Å². The second kappa shape index (κ2) is 21.9. The molecule has 0 heterocycles. The van der Waals surface area contributed by atoms with Gasteiger partial charge in [0, 0.05) is 25.6 Å². The van der Waals surface area contributed by atoms with Gasteiger partial charge in [0.1, 0.15) is 29.8 Å². The highest BCUT2D eigenvalue weighted by Crippen LogP contribution is 2.19. The van der Waals surface area contributed by atoms with E-state index in [4.69, 9.17) is 9.47 Å². The van der Waals surface area contributed by atoms with Crippen molar-refractivity contribution in [3.63, 3.8) is 0 Å². The van der Waals surface area contributed by atoms with Crippen molar-refractivity contribution in [2.24, 2.45) is 5.92 Å². The van der Waals surface area contributed by atoms with Gasteiger partial charge < -0.3 is 30.7 Å².